The maximum atomic E-state index is 13.8. The van der Waals surface area contributed by atoms with Gasteiger partial charge >= 0.3 is 11.7 Å². The summed E-state index contributed by atoms with van der Waals surface area (Å²) in [6, 6.07) is 3.61. The molecule has 2 aromatic rings. The molecule has 0 bridgehead atoms. The number of anilines is 1. The first kappa shape index (κ1) is 21.4. The normalized spacial score (nSPS) is 10.9. The van der Waals surface area contributed by atoms with Crippen LogP contribution in [-0.4, -0.2) is 27.5 Å². The Balaban J connectivity index is 2.35. The third-order valence-corrected chi connectivity index (χ3v) is 4.23. The monoisotopic (exact) mass is 411 g/mol. The van der Waals surface area contributed by atoms with Gasteiger partial charge in [-0.1, -0.05) is 31.5 Å². The molecule has 0 saturated carbocycles. The molecule has 1 aromatic heterocycles. The smallest absolute Gasteiger partial charge is 0.343 e. The molecule has 0 aliphatic rings. The van der Waals surface area contributed by atoms with Crippen molar-refractivity contribution in [2.75, 3.05) is 12.3 Å². The zero-order valence-corrected chi connectivity index (χ0v) is 16.2. The van der Waals surface area contributed by atoms with Crippen LogP contribution in [0.3, 0.4) is 0 Å². The third kappa shape index (κ3) is 4.14. The van der Waals surface area contributed by atoms with Crippen LogP contribution in [0, 0.1) is 11.7 Å². The van der Waals surface area contributed by atoms with Gasteiger partial charge in [-0.05, 0) is 18.1 Å². The number of nitrogen functional groups attached to an aromatic ring is 1. The molecule has 0 radical (unpaired) electrons. The highest BCUT2D eigenvalue weighted by Crippen LogP contribution is 2.20. The van der Waals surface area contributed by atoms with E-state index in [-0.39, 0.29) is 23.3 Å². The Morgan fingerprint density at radius 3 is 2.46 bits per heavy atom. The first-order valence-electron chi connectivity index (χ1n) is 8.29. The molecule has 28 heavy (non-hydrogen) atoms. The van der Waals surface area contributed by atoms with Gasteiger partial charge in [0.05, 0.1) is 5.02 Å². The fraction of sp³-hybridized carbons (Fsp3) is 0.333. The second-order valence-electron chi connectivity index (χ2n) is 6.51. The van der Waals surface area contributed by atoms with Gasteiger partial charge in [-0.3, -0.25) is 18.7 Å². The summed E-state index contributed by atoms with van der Waals surface area (Å²) in [5, 5.41) is -0.182. The van der Waals surface area contributed by atoms with Crippen LogP contribution < -0.4 is 17.0 Å². The van der Waals surface area contributed by atoms with Crippen LogP contribution in [0.15, 0.2) is 27.8 Å². The number of ketones is 1. The van der Waals surface area contributed by atoms with E-state index in [1.807, 2.05) is 13.8 Å². The number of hydrogen-bond donors (Lipinski definition) is 1. The molecular weight excluding hydrogens is 393 g/mol. The minimum absolute atomic E-state index is 0.0153. The second kappa shape index (κ2) is 8.39. The molecule has 10 heteroatoms. The minimum atomic E-state index is -1.16. The van der Waals surface area contributed by atoms with Gasteiger partial charge in [-0.25, -0.2) is 14.0 Å². The zero-order valence-electron chi connectivity index (χ0n) is 15.5. The molecule has 0 unspecified atom stereocenters. The fourth-order valence-electron chi connectivity index (χ4n) is 2.56. The summed E-state index contributed by atoms with van der Waals surface area (Å²) in [7, 11) is 1.21. The highest BCUT2D eigenvalue weighted by Gasteiger charge is 2.24. The lowest BCUT2D eigenvalue weighted by molar-refractivity contribution is 0.0469. The molecule has 1 aromatic carbocycles. The summed E-state index contributed by atoms with van der Waals surface area (Å²) in [6.07, 6.45) is 0. The number of nitrogens with two attached hydrogens (primary N) is 1. The lowest BCUT2D eigenvalue weighted by atomic mass is 10.1. The summed E-state index contributed by atoms with van der Waals surface area (Å²) in [4.78, 5) is 49.1. The van der Waals surface area contributed by atoms with Crippen molar-refractivity contribution >= 4 is 29.2 Å². The van der Waals surface area contributed by atoms with E-state index in [4.69, 9.17) is 22.1 Å². The number of carbonyl (C=O) groups is 2. The van der Waals surface area contributed by atoms with Crippen LogP contribution in [0.1, 0.15) is 34.6 Å². The predicted molar refractivity (Wildman–Crippen MR) is 101 cm³/mol. The largest absolute Gasteiger partial charge is 0.454 e. The van der Waals surface area contributed by atoms with E-state index in [1.54, 1.807) is 0 Å². The molecule has 0 spiro atoms. The maximum Gasteiger partial charge on any atom is 0.343 e. The van der Waals surface area contributed by atoms with Crippen molar-refractivity contribution in [1.29, 1.82) is 0 Å². The SMILES string of the molecule is CC(C)Cn1c(N)c(C(=O)COC(=O)c2c(F)cccc2Cl)c(=O)n(C)c1=O. The van der Waals surface area contributed by atoms with Gasteiger partial charge in [-0.2, -0.15) is 0 Å². The second-order valence-corrected chi connectivity index (χ2v) is 6.91. The highest BCUT2D eigenvalue weighted by molar-refractivity contribution is 6.33. The van der Waals surface area contributed by atoms with Crippen molar-refractivity contribution in [2.24, 2.45) is 13.0 Å². The van der Waals surface area contributed by atoms with E-state index in [0.29, 0.717) is 0 Å². The molecule has 0 aliphatic heterocycles. The molecule has 1 heterocycles. The number of ether oxygens (including phenoxy) is 1. The summed E-state index contributed by atoms with van der Waals surface area (Å²) >= 11 is 5.78. The van der Waals surface area contributed by atoms with Crippen LogP contribution in [0.2, 0.25) is 5.02 Å². The summed E-state index contributed by atoms with van der Waals surface area (Å²) in [6.45, 7) is 2.98. The number of benzene rings is 1. The fourth-order valence-corrected chi connectivity index (χ4v) is 2.80. The number of carbonyl (C=O) groups excluding carboxylic acids is 2. The van der Waals surface area contributed by atoms with E-state index in [2.05, 4.69) is 0 Å². The predicted octanol–water partition coefficient (Wildman–Crippen LogP) is 1.62. The lowest BCUT2D eigenvalue weighted by Gasteiger charge is -2.16. The minimum Gasteiger partial charge on any atom is -0.454 e. The Labute approximate surface area is 164 Å². The van der Waals surface area contributed by atoms with Crippen LogP contribution in [0.25, 0.3) is 0 Å². The van der Waals surface area contributed by atoms with Gasteiger partial charge in [0.1, 0.15) is 22.8 Å². The van der Waals surface area contributed by atoms with Gasteiger partial charge < -0.3 is 10.5 Å². The number of hydrogen-bond acceptors (Lipinski definition) is 6. The van der Waals surface area contributed by atoms with Crippen LogP contribution in [-0.2, 0) is 18.3 Å². The Morgan fingerprint density at radius 1 is 1.25 bits per heavy atom. The molecule has 0 atom stereocenters. The van der Waals surface area contributed by atoms with E-state index in [1.165, 1.54) is 19.2 Å². The highest BCUT2D eigenvalue weighted by atomic mass is 35.5. The van der Waals surface area contributed by atoms with Gasteiger partial charge in [0, 0.05) is 13.6 Å². The van der Waals surface area contributed by atoms with E-state index >= 15 is 0 Å². The van der Waals surface area contributed by atoms with E-state index in [9.17, 15) is 23.6 Å². The lowest BCUT2D eigenvalue weighted by Crippen LogP contribution is -2.43. The van der Waals surface area contributed by atoms with Crippen molar-refractivity contribution in [1.82, 2.24) is 9.13 Å². The van der Waals surface area contributed by atoms with Crippen molar-refractivity contribution < 1.29 is 18.7 Å². The number of aromatic nitrogens is 2. The van der Waals surface area contributed by atoms with Gasteiger partial charge in [0.2, 0.25) is 5.78 Å². The molecule has 0 aliphatic carbocycles. The summed E-state index contributed by atoms with van der Waals surface area (Å²) in [5.74, 6) is -3.29. The molecule has 0 saturated heterocycles. The average Bonchev–Trinajstić information content (AvgIpc) is 2.61. The van der Waals surface area contributed by atoms with E-state index < -0.39 is 46.6 Å². The maximum absolute atomic E-state index is 13.8. The molecule has 0 amide bonds. The Morgan fingerprint density at radius 2 is 1.89 bits per heavy atom. The van der Waals surface area contributed by atoms with Gasteiger partial charge in [-0.15, -0.1) is 0 Å². The Kier molecular flexibility index (Phi) is 6.40. The van der Waals surface area contributed by atoms with Crippen LogP contribution in [0.4, 0.5) is 10.2 Å². The van der Waals surface area contributed by atoms with Crippen LogP contribution in [0.5, 0.6) is 0 Å². The molecular formula is C18H19ClFN3O5. The first-order chi connectivity index (χ1) is 13.1. The number of rotatable bonds is 6. The van der Waals surface area contributed by atoms with Crippen molar-refractivity contribution in [3.05, 3.63) is 61.0 Å². The standard InChI is InChI=1S/C18H19ClFN3O5/c1-9(2)7-23-15(21)14(16(25)22(3)18(23)27)12(24)8-28-17(26)13-10(19)5-4-6-11(13)20/h4-6,9H,7-8,21H2,1-3H3. The third-order valence-electron chi connectivity index (χ3n) is 3.91. The van der Waals surface area contributed by atoms with E-state index in [0.717, 1.165) is 15.2 Å². The van der Waals surface area contributed by atoms with Gasteiger partial charge in [0.15, 0.2) is 6.61 Å². The topological polar surface area (TPSA) is 113 Å². The van der Waals surface area contributed by atoms with Crippen molar-refractivity contribution in [2.45, 2.75) is 20.4 Å². The number of nitrogens with zero attached hydrogens (tertiary/aromatic N) is 2. The quantitative estimate of drug-likeness (QED) is 0.570. The molecule has 2 N–H and O–H groups in total. The van der Waals surface area contributed by atoms with Gasteiger partial charge in [0.25, 0.3) is 5.56 Å². The average molecular weight is 412 g/mol. The summed E-state index contributed by atoms with van der Waals surface area (Å²) in [5.41, 5.74) is 3.30. The molecule has 150 valence electrons. The molecule has 2 rings (SSSR count). The van der Waals surface area contributed by atoms with Crippen LogP contribution >= 0.6 is 11.6 Å². The van der Waals surface area contributed by atoms with Crippen molar-refractivity contribution in [3.8, 4) is 0 Å². The molecule has 0 fully saturated rings. The van der Waals surface area contributed by atoms with Crippen molar-refractivity contribution in [3.63, 3.8) is 0 Å². The number of halogens is 2. The zero-order chi connectivity index (χ0) is 21.2. The Hall–Kier alpha value is -2.94. The molecule has 8 nitrogen and oxygen atoms in total. The first-order valence-corrected chi connectivity index (χ1v) is 8.67. The number of esters is 1. The summed E-state index contributed by atoms with van der Waals surface area (Å²) < 4.78 is 20.4. The Bertz CT molecular complexity index is 1040. The number of Topliss-reactive ketones (excluding diaryl/α,β-unsaturated/α-hetero) is 1.